The Hall–Kier alpha value is -2.13. The van der Waals surface area contributed by atoms with Gasteiger partial charge in [0.15, 0.2) is 5.70 Å². The fourth-order valence-electron chi connectivity index (χ4n) is 2.26. The lowest BCUT2D eigenvalue weighted by atomic mass is 10.0. The number of aromatic nitrogens is 1. The molecule has 7 N–H and O–H groups in total. The third-order valence-electron chi connectivity index (χ3n) is 3.06. The monoisotopic (exact) mass is 341 g/mol. The van der Waals surface area contributed by atoms with Crippen molar-refractivity contribution in [1.82, 2.24) is 15.6 Å². The summed E-state index contributed by atoms with van der Waals surface area (Å²) in [6.45, 7) is 0.460. The van der Waals surface area contributed by atoms with E-state index in [2.05, 4.69) is 36.5 Å². The maximum atomic E-state index is 11.9. The van der Waals surface area contributed by atoms with Gasteiger partial charge in [0.2, 0.25) is 0 Å². The Balaban J connectivity index is 0.00000147. The second-order valence-electron chi connectivity index (χ2n) is 4.24. The van der Waals surface area contributed by atoms with Crippen LogP contribution in [-0.2, 0) is 4.79 Å². The number of carbonyl (C=O) groups is 2. The van der Waals surface area contributed by atoms with Crippen molar-refractivity contribution >= 4 is 39.3 Å². The highest BCUT2D eigenvalue weighted by atomic mass is 79.9. The molecule has 0 aliphatic carbocycles. The largest absolute Gasteiger partial charge is 0.870 e. The Morgan fingerprint density at radius 1 is 1.30 bits per heavy atom. The molecule has 2 amide bonds. The molecule has 1 aromatic heterocycles. The van der Waals surface area contributed by atoms with Crippen LogP contribution in [0.3, 0.4) is 0 Å². The van der Waals surface area contributed by atoms with Gasteiger partial charge in [-0.1, -0.05) is 0 Å². The predicted octanol–water partition coefficient (Wildman–Crippen LogP) is -2.03. The smallest absolute Gasteiger partial charge is 0.353 e. The van der Waals surface area contributed by atoms with Gasteiger partial charge in [-0.2, -0.15) is 0 Å². The van der Waals surface area contributed by atoms with Crippen molar-refractivity contribution in [2.45, 2.75) is 6.42 Å². The Morgan fingerprint density at radius 2 is 2.05 bits per heavy atom. The van der Waals surface area contributed by atoms with Crippen LogP contribution >= 0.6 is 15.9 Å². The molecule has 0 fully saturated rings. The molecule has 1 aromatic rings. The van der Waals surface area contributed by atoms with Crippen LogP contribution in [0, 0.1) is 0 Å². The summed E-state index contributed by atoms with van der Waals surface area (Å²) in [7, 11) is 0. The lowest BCUT2D eigenvalue weighted by molar-refractivity contribution is -0.385. The molecule has 0 saturated heterocycles. The second kappa shape index (κ2) is 5.10. The number of halogens is 1. The molecule has 8 nitrogen and oxygen atoms in total. The Morgan fingerprint density at radius 3 is 2.70 bits per heavy atom. The Labute approximate surface area is 122 Å². The summed E-state index contributed by atoms with van der Waals surface area (Å²) < 4.78 is 0.738. The van der Waals surface area contributed by atoms with Gasteiger partial charge in [0, 0.05) is 28.4 Å². The molecule has 106 valence electrons. The number of guanidine groups is 1. The van der Waals surface area contributed by atoms with E-state index in [-0.39, 0.29) is 23.3 Å². The lowest BCUT2D eigenvalue weighted by Gasteiger charge is -2.04. The fourth-order valence-corrected chi connectivity index (χ4v) is 2.81. The molecule has 0 bridgehead atoms. The van der Waals surface area contributed by atoms with E-state index in [1.54, 1.807) is 6.20 Å². The molecule has 0 atom stereocenters. The normalized spacial score (nSPS) is 21.4. The summed E-state index contributed by atoms with van der Waals surface area (Å²) in [4.78, 5) is 29.5. The van der Waals surface area contributed by atoms with Crippen LogP contribution in [0.1, 0.15) is 22.5 Å². The van der Waals surface area contributed by atoms with Crippen molar-refractivity contribution in [3.8, 4) is 0 Å². The van der Waals surface area contributed by atoms with E-state index >= 15 is 0 Å². The van der Waals surface area contributed by atoms with Gasteiger partial charge >= 0.3 is 11.9 Å². The minimum atomic E-state index is -0.291. The van der Waals surface area contributed by atoms with Gasteiger partial charge in [-0.15, -0.1) is 0 Å². The lowest BCUT2D eigenvalue weighted by Crippen LogP contribution is -2.71. The highest BCUT2D eigenvalue weighted by Crippen LogP contribution is 2.32. The van der Waals surface area contributed by atoms with Crippen LogP contribution < -0.4 is 21.4 Å². The van der Waals surface area contributed by atoms with Gasteiger partial charge in [0.05, 0.1) is 0 Å². The highest BCUT2D eigenvalue weighted by Gasteiger charge is 2.32. The van der Waals surface area contributed by atoms with E-state index in [4.69, 9.17) is 5.73 Å². The first-order valence-corrected chi connectivity index (χ1v) is 6.46. The summed E-state index contributed by atoms with van der Waals surface area (Å²) >= 11 is 3.39. The van der Waals surface area contributed by atoms with Gasteiger partial charge in [-0.25, -0.2) is 15.1 Å². The first kappa shape index (κ1) is 14.3. The number of rotatable bonds is 0. The van der Waals surface area contributed by atoms with E-state index in [0.29, 0.717) is 29.9 Å². The van der Waals surface area contributed by atoms with Gasteiger partial charge in [0.1, 0.15) is 5.69 Å². The summed E-state index contributed by atoms with van der Waals surface area (Å²) in [5.74, 6) is -0.281. The minimum Gasteiger partial charge on any atom is -0.870 e. The average Bonchev–Trinajstić information content (AvgIpc) is 2.83. The van der Waals surface area contributed by atoms with Crippen LogP contribution in [-0.4, -0.2) is 34.8 Å². The van der Waals surface area contributed by atoms with Crippen molar-refractivity contribution in [3.63, 3.8) is 0 Å². The number of hydrogen-bond acceptors (Lipinski definition) is 4. The fraction of sp³-hybridized carbons (Fsp3) is 0.182. The molecule has 9 heteroatoms. The van der Waals surface area contributed by atoms with Crippen molar-refractivity contribution in [2.24, 2.45) is 5.73 Å². The van der Waals surface area contributed by atoms with Gasteiger partial charge in [-0.05, 0) is 22.4 Å². The molecular formula is C11H12BrN5O3. The summed E-state index contributed by atoms with van der Waals surface area (Å²) in [5, 5.41) is 5.26. The maximum Gasteiger partial charge on any atom is 0.353 e. The molecular weight excluding hydrogens is 330 g/mol. The minimum absolute atomic E-state index is 0. The molecule has 2 aliphatic heterocycles. The molecule has 0 aromatic carbocycles. The first-order valence-electron chi connectivity index (χ1n) is 5.67. The number of carbonyl (C=O) groups excluding carboxylic acids is 2. The topological polar surface area (TPSA) is 144 Å². The van der Waals surface area contributed by atoms with Crippen LogP contribution in [0.4, 0.5) is 0 Å². The SMILES string of the molecule is NC1=[NH+]/C(=C2/CCNC(=O)c3[nH]cc(Br)c32)C(=O)N1.[OH-]. The van der Waals surface area contributed by atoms with Gasteiger partial charge < -0.3 is 15.8 Å². The average molecular weight is 342 g/mol. The molecule has 3 rings (SSSR count). The third kappa shape index (κ3) is 2.10. The molecule has 0 spiro atoms. The zero-order chi connectivity index (χ0) is 13.6. The summed E-state index contributed by atoms with van der Waals surface area (Å²) in [6.07, 6.45) is 2.22. The molecule has 0 radical (unpaired) electrons. The highest BCUT2D eigenvalue weighted by molar-refractivity contribution is 9.10. The summed E-state index contributed by atoms with van der Waals surface area (Å²) in [5.41, 5.74) is 7.83. The van der Waals surface area contributed by atoms with Crippen molar-refractivity contribution in [2.75, 3.05) is 6.54 Å². The summed E-state index contributed by atoms with van der Waals surface area (Å²) in [6, 6.07) is 0. The molecule has 20 heavy (non-hydrogen) atoms. The molecule has 0 unspecified atom stereocenters. The predicted molar refractivity (Wildman–Crippen MR) is 72.6 cm³/mol. The van der Waals surface area contributed by atoms with Gasteiger partial charge in [-0.3, -0.25) is 10.5 Å². The third-order valence-corrected chi connectivity index (χ3v) is 3.68. The van der Waals surface area contributed by atoms with Gasteiger partial charge in [0.25, 0.3) is 5.91 Å². The van der Waals surface area contributed by atoms with E-state index in [1.807, 2.05) is 0 Å². The zero-order valence-electron chi connectivity index (χ0n) is 10.2. The number of nitrogens with two attached hydrogens (primary N) is 1. The quantitative estimate of drug-likeness (QED) is 0.346. The van der Waals surface area contributed by atoms with E-state index in [0.717, 1.165) is 10.0 Å². The second-order valence-corrected chi connectivity index (χ2v) is 5.09. The number of nitrogens with one attached hydrogen (secondary N) is 4. The number of aromatic amines is 1. The van der Waals surface area contributed by atoms with E-state index in [9.17, 15) is 9.59 Å². The van der Waals surface area contributed by atoms with Crippen LogP contribution in [0.2, 0.25) is 0 Å². The Bertz CT molecular complexity index is 661. The van der Waals surface area contributed by atoms with Crippen LogP contribution in [0.15, 0.2) is 16.4 Å². The van der Waals surface area contributed by atoms with E-state index < -0.39 is 0 Å². The molecule has 3 heterocycles. The van der Waals surface area contributed by atoms with Crippen LogP contribution in [0.25, 0.3) is 5.57 Å². The van der Waals surface area contributed by atoms with E-state index in [1.165, 1.54) is 0 Å². The number of amides is 2. The van der Waals surface area contributed by atoms with Crippen LogP contribution in [0.5, 0.6) is 0 Å². The standard InChI is InChI=1S/C11H10BrN5O2.H2O/c12-5-3-15-8-6(5)4(1-2-14-9(8)18)7-10(19)17-11(13)16-7;/h3,15H,1-2H2,(H,14,18)(H3,13,16,17,19);1H2/b7-4-;. The number of H-pyrrole nitrogens is 1. The molecule has 0 saturated carbocycles. The first-order chi connectivity index (χ1) is 9.08. The Kier molecular flexibility index (Phi) is 3.64. The molecule has 2 aliphatic rings. The maximum absolute atomic E-state index is 11.9. The van der Waals surface area contributed by atoms with Crippen molar-refractivity contribution < 1.29 is 20.1 Å². The van der Waals surface area contributed by atoms with Crippen molar-refractivity contribution in [3.05, 3.63) is 27.6 Å². The van der Waals surface area contributed by atoms with Crippen molar-refractivity contribution in [1.29, 1.82) is 0 Å². The number of hydrogen-bond donors (Lipinski definition) is 5. The zero-order valence-corrected chi connectivity index (χ0v) is 11.8. The number of fused-ring (bicyclic) bond motifs is 1.